The summed E-state index contributed by atoms with van der Waals surface area (Å²) in [6, 6.07) is 21.4. The number of halogens is 1. The minimum atomic E-state index is -0.440. The van der Waals surface area contributed by atoms with E-state index >= 15 is 0 Å². The molecule has 3 N–H and O–H groups in total. The molecule has 0 saturated carbocycles. The Labute approximate surface area is 244 Å². The molecule has 0 fully saturated rings. The van der Waals surface area contributed by atoms with Crippen LogP contribution in [0.5, 0.6) is 11.5 Å². The van der Waals surface area contributed by atoms with Crippen LogP contribution < -0.4 is 20.1 Å². The summed E-state index contributed by atoms with van der Waals surface area (Å²) in [5, 5.41) is 16.7. The fraction of sp³-hybridized carbons (Fsp3) is 0.212. The highest BCUT2D eigenvalue weighted by atomic mass is 35.5. The first kappa shape index (κ1) is 28.2. The van der Waals surface area contributed by atoms with Crippen LogP contribution in [0, 0.1) is 6.92 Å². The summed E-state index contributed by atoms with van der Waals surface area (Å²) < 4.78 is 12.5. The number of carbonyl (C=O) groups is 1. The molecule has 2 heterocycles. The van der Waals surface area contributed by atoms with Crippen molar-refractivity contribution >= 4 is 17.5 Å². The predicted molar refractivity (Wildman–Crippen MR) is 160 cm³/mol. The normalized spacial score (nSPS) is 15.6. The van der Waals surface area contributed by atoms with E-state index < -0.39 is 6.04 Å². The third kappa shape index (κ3) is 6.88. The van der Waals surface area contributed by atoms with Crippen LogP contribution in [0.4, 0.5) is 0 Å². The minimum absolute atomic E-state index is 0.0170. The molecule has 1 amide bonds. The second-order valence-corrected chi connectivity index (χ2v) is 10.4. The van der Waals surface area contributed by atoms with Gasteiger partial charge in [0.25, 0.3) is 5.91 Å². The number of aromatic nitrogens is 1. The highest BCUT2D eigenvalue weighted by Crippen LogP contribution is 2.35. The number of nitrogens with zero attached hydrogens (tertiary/aromatic N) is 1. The number of hydrogen-bond donors (Lipinski definition) is 3. The zero-order chi connectivity index (χ0) is 28.8. The first-order valence-electron chi connectivity index (χ1n) is 13.4. The van der Waals surface area contributed by atoms with Crippen molar-refractivity contribution in [2.24, 2.45) is 0 Å². The third-order valence-electron chi connectivity index (χ3n) is 7.14. The molecule has 41 heavy (non-hydrogen) atoms. The number of fused-ring (bicyclic) bond motifs is 3. The van der Waals surface area contributed by atoms with Gasteiger partial charge in [0, 0.05) is 42.7 Å². The molecule has 2 bridgehead atoms. The number of pyridine rings is 1. The van der Waals surface area contributed by atoms with Crippen LogP contribution in [-0.2, 0) is 19.8 Å². The molecule has 0 spiro atoms. The van der Waals surface area contributed by atoms with Crippen LogP contribution in [0.2, 0.25) is 5.02 Å². The van der Waals surface area contributed by atoms with Gasteiger partial charge in [-0.05, 0) is 47.7 Å². The molecule has 210 valence electrons. The Kier molecular flexibility index (Phi) is 8.87. The molecule has 7 nitrogen and oxygen atoms in total. The second-order valence-electron chi connectivity index (χ2n) is 9.97. The summed E-state index contributed by atoms with van der Waals surface area (Å²) in [5.41, 5.74) is 6.47. The van der Waals surface area contributed by atoms with E-state index in [0.29, 0.717) is 48.2 Å². The van der Waals surface area contributed by atoms with Crippen LogP contribution >= 0.6 is 11.6 Å². The Morgan fingerprint density at radius 2 is 1.95 bits per heavy atom. The van der Waals surface area contributed by atoms with Crippen molar-refractivity contribution in [3.05, 3.63) is 124 Å². The van der Waals surface area contributed by atoms with Crippen molar-refractivity contribution in [2.75, 3.05) is 6.54 Å². The molecule has 1 aliphatic heterocycles. The summed E-state index contributed by atoms with van der Waals surface area (Å²) in [6.07, 6.45) is 3.63. The Balaban J connectivity index is 1.42. The largest absolute Gasteiger partial charge is 0.511 e. The van der Waals surface area contributed by atoms with Crippen molar-refractivity contribution in [1.82, 2.24) is 15.6 Å². The van der Waals surface area contributed by atoms with Gasteiger partial charge in [0.1, 0.15) is 30.5 Å². The fourth-order valence-corrected chi connectivity index (χ4v) is 5.03. The topological polar surface area (TPSA) is 92.7 Å². The summed E-state index contributed by atoms with van der Waals surface area (Å²) >= 11 is 6.70. The van der Waals surface area contributed by atoms with Gasteiger partial charge in [0.2, 0.25) is 0 Å². The van der Waals surface area contributed by atoms with Crippen LogP contribution in [0.15, 0.2) is 91.5 Å². The molecule has 0 unspecified atom stereocenters. The highest BCUT2D eigenvalue weighted by molar-refractivity contribution is 6.32. The number of carbonyl (C=O) groups excluding carboxylic acids is 1. The van der Waals surface area contributed by atoms with Crippen LogP contribution in [0.3, 0.4) is 0 Å². The number of rotatable bonds is 5. The lowest BCUT2D eigenvalue weighted by Gasteiger charge is -2.21. The minimum Gasteiger partial charge on any atom is -0.511 e. The number of amides is 1. The third-order valence-corrected chi connectivity index (χ3v) is 7.44. The van der Waals surface area contributed by atoms with Gasteiger partial charge in [0.15, 0.2) is 0 Å². The van der Waals surface area contributed by atoms with Gasteiger partial charge in [-0.25, -0.2) is 0 Å². The maximum Gasteiger partial charge on any atom is 0.252 e. The Morgan fingerprint density at radius 1 is 1.12 bits per heavy atom. The van der Waals surface area contributed by atoms with Gasteiger partial charge in [-0.3, -0.25) is 9.78 Å². The van der Waals surface area contributed by atoms with Crippen molar-refractivity contribution in [3.8, 4) is 22.6 Å². The van der Waals surface area contributed by atoms with Crippen LogP contribution in [0.25, 0.3) is 11.1 Å². The van der Waals surface area contributed by atoms with E-state index in [0.717, 1.165) is 33.4 Å². The van der Waals surface area contributed by atoms with E-state index in [9.17, 15) is 9.90 Å². The fourth-order valence-electron chi connectivity index (χ4n) is 4.79. The molecule has 0 aliphatic carbocycles. The monoisotopic (exact) mass is 569 g/mol. The average Bonchev–Trinajstić information content (AvgIpc) is 2.98. The molecular formula is C33H32ClN3O4. The zero-order valence-electron chi connectivity index (χ0n) is 22.8. The number of aliphatic hydroxyl groups is 1. The lowest BCUT2D eigenvalue weighted by molar-refractivity contribution is 0.0951. The van der Waals surface area contributed by atoms with E-state index in [4.69, 9.17) is 21.1 Å². The molecular weight excluding hydrogens is 538 g/mol. The molecule has 3 aromatic carbocycles. The molecule has 1 aromatic heterocycles. The summed E-state index contributed by atoms with van der Waals surface area (Å²) in [7, 11) is 0. The van der Waals surface area contributed by atoms with E-state index in [1.807, 2.05) is 36.4 Å². The first-order valence-corrected chi connectivity index (χ1v) is 13.8. The van der Waals surface area contributed by atoms with Gasteiger partial charge in [0.05, 0.1) is 16.6 Å². The lowest BCUT2D eigenvalue weighted by Crippen LogP contribution is -2.35. The van der Waals surface area contributed by atoms with Gasteiger partial charge < -0.3 is 25.2 Å². The molecule has 1 aliphatic rings. The molecule has 1 atom stereocenters. The van der Waals surface area contributed by atoms with E-state index in [-0.39, 0.29) is 18.3 Å². The van der Waals surface area contributed by atoms with Crippen molar-refractivity contribution in [2.45, 2.75) is 39.1 Å². The number of nitrogens with one attached hydrogen (secondary N) is 2. The summed E-state index contributed by atoms with van der Waals surface area (Å²) in [6.45, 7) is 7.00. The van der Waals surface area contributed by atoms with Crippen LogP contribution in [0.1, 0.15) is 39.0 Å². The van der Waals surface area contributed by atoms with Gasteiger partial charge in [-0.2, -0.15) is 0 Å². The van der Waals surface area contributed by atoms with E-state index in [2.05, 4.69) is 47.3 Å². The molecule has 5 rings (SSSR count). The standard InChI is InChI=1S/C33H32ClN3O4/c1-21-25(9-6-10-28(21)24-7-4-3-5-8-24)20-41-32-15-31-26(14-29(32)34)18-37-30(22(2)38)11-12-36-33(39)27-13-23(19-40-31)16-35-17-27/h3-10,13-17,30,37-38H,2,11-12,18-20H2,1H3,(H,36,39)/t30-/m0/s1. The average molecular weight is 570 g/mol. The van der Waals surface area contributed by atoms with Crippen molar-refractivity contribution < 1.29 is 19.4 Å². The Hall–Kier alpha value is -4.33. The predicted octanol–water partition coefficient (Wildman–Crippen LogP) is 6.53. The SMILES string of the molecule is C=C(O)[C@@H]1CCNC(=O)c2cncc(c2)COc2cc(OCc3cccc(-c4ccccc4)c3C)c(Cl)cc2CN1. The summed E-state index contributed by atoms with van der Waals surface area (Å²) in [5.74, 6) is 0.802. The lowest BCUT2D eigenvalue weighted by atomic mass is 9.97. The Morgan fingerprint density at radius 3 is 2.76 bits per heavy atom. The number of ether oxygens (including phenoxy) is 2. The maximum atomic E-state index is 12.6. The highest BCUT2D eigenvalue weighted by Gasteiger charge is 2.18. The first-order chi connectivity index (χ1) is 19.9. The zero-order valence-corrected chi connectivity index (χ0v) is 23.6. The number of hydrogen-bond acceptors (Lipinski definition) is 6. The van der Waals surface area contributed by atoms with Crippen molar-refractivity contribution in [3.63, 3.8) is 0 Å². The van der Waals surface area contributed by atoms with Gasteiger partial charge >= 0.3 is 0 Å². The van der Waals surface area contributed by atoms with Gasteiger partial charge in [-0.1, -0.05) is 66.7 Å². The quantitative estimate of drug-likeness (QED) is 0.237. The molecule has 4 aromatic rings. The van der Waals surface area contributed by atoms with E-state index in [1.165, 1.54) is 6.20 Å². The van der Waals surface area contributed by atoms with Gasteiger partial charge in [-0.15, -0.1) is 0 Å². The number of benzene rings is 3. The smallest absolute Gasteiger partial charge is 0.252 e. The molecule has 8 heteroatoms. The van der Waals surface area contributed by atoms with Crippen LogP contribution in [-0.4, -0.2) is 28.6 Å². The Bertz CT molecular complexity index is 1560. The summed E-state index contributed by atoms with van der Waals surface area (Å²) in [4.78, 5) is 16.8. The maximum absolute atomic E-state index is 12.6. The molecule has 0 saturated heterocycles. The second kappa shape index (κ2) is 12.9. The van der Waals surface area contributed by atoms with Crippen molar-refractivity contribution in [1.29, 1.82) is 0 Å². The number of aliphatic hydroxyl groups excluding tert-OH is 1. The molecule has 0 radical (unpaired) electrons. The van der Waals surface area contributed by atoms with E-state index in [1.54, 1.807) is 18.3 Å².